The lowest BCUT2D eigenvalue weighted by atomic mass is 9.77. The van der Waals surface area contributed by atoms with Gasteiger partial charge in [-0.15, -0.1) is 0 Å². The first kappa shape index (κ1) is 18.7. The average Bonchev–Trinajstić information content (AvgIpc) is 2.65. The number of methoxy groups -OCH3 is 1. The van der Waals surface area contributed by atoms with Gasteiger partial charge in [-0.25, -0.2) is 0 Å². The van der Waals surface area contributed by atoms with Crippen LogP contribution in [0.3, 0.4) is 0 Å². The zero-order valence-electron chi connectivity index (χ0n) is 15.8. The highest BCUT2D eigenvalue weighted by Gasteiger charge is 2.31. The minimum absolute atomic E-state index is 0.230. The molecular formula is C21H34N2O2. The number of nitrogens with zero attached hydrogens (tertiary/aromatic N) is 1. The number of rotatable bonds is 4. The summed E-state index contributed by atoms with van der Waals surface area (Å²) in [7, 11) is 1.71. The fourth-order valence-electron chi connectivity index (χ4n) is 4.64. The van der Waals surface area contributed by atoms with Gasteiger partial charge in [-0.3, -0.25) is 4.90 Å². The lowest BCUT2D eigenvalue weighted by Crippen LogP contribution is -2.50. The normalized spacial score (nSPS) is 30.3. The number of benzene rings is 1. The molecule has 0 aromatic heterocycles. The molecule has 2 fully saturated rings. The van der Waals surface area contributed by atoms with Gasteiger partial charge >= 0.3 is 0 Å². The van der Waals surface area contributed by atoms with Crippen molar-refractivity contribution in [2.24, 2.45) is 5.92 Å². The summed E-state index contributed by atoms with van der Waals surface area (Å²) in [6.45, 7) is 6.81. The van der Waals surface area contributed by atoms with E-state index in [0.29, 0.717) is 12.0 Å². The van der Waals surface area contributed by atoms with Crippen molar-refractivity contribution in [1.29, 1.82) is 0 Å². The van der Waals surface area contributed by atoms with Crippen LogP contribution in [0.1, 0.15) is 50.5 Å². The van der Waals surface area contributed by atoms with Gasteiger partial charge in [-0.2, -0.15) is 0 Å². The van der Waals surface area contributed by atoms with Crippen molar-refractivity contribution in [2.75, 3.05) is 33.3 Å². The molecule has 1 aromatic carbocycles. The number of hydrogen-bond acceptors (Lipinski definition) is 4. The van der Waals surface area contributed by atoms with E-state index in [1.54, 1.807) is 7.11 Å². The molecule has 3 rings (SSSR count). The first-order valence-corrected chi connectivity index (χ1v) is 9.96. The van der Waals surface area contributed by atoms with E-state index in [2.05, 4.69) is 29.3 Å². The molecule has 2 aliphatic rings. The molecule has 2 N–H and O–H groups in total. The molecule has 140 valence electrons. The van der Waals surface area contributed by atoms with E-state index in [-0.39, 0.29) is 12.0 Å². The third-order valence-corrected chi connectivity index (χ3v) is 6.28. The Morgan fingerprint density at radius 1 is 1.20 bits per heavy atom. The molecular weight excluding hydrogens is 312 g/mol. The molecule has 0 bridgehead atoms. The molecule has 0 radical (unpaired) electrons. The predicted octanol–water partition coefficient (Wildman–Crippen LogP) is 3.01. The van der Waals surface area contributed by atoms with Gasteiger partial charge in [0, 0.05) is 38.1 Å². The summed E-state index contributed by atoms with van der Waals surface area (Å²) in [5.74, 6) is 1.70. The highest BCUT2D eigenvalue weighted by atomic mass is 16.5. The average molecular weight is 347 g/mol. The Kier molecular flexibility index (Phi) is 6.74. The van der Waals surface area contributed by atoms with Crippen molar-refractivity contribution < 1.29 is 9.84 Å². The number of aliphatic hydroxyl groups is 1. The second kappa shape index (κ2) is 9.02. The molecule has 4 nitrogen and oxygen atoms in total. The van der Waals surface area contributed by atoms with Crippen LogP contribution in [-0.4, -0.2) is 55.4 Å². The zero-order chi connectivity index (χ0) is 17.6. The fourth-order valence-corrected chi connectivity index (χ4v) is 4.64. The molecule has 4 unspecified atom stereocenters. The van der Waals surface area contributed by atoms with Gasteiger partial charge in [-0.05, 0) is 49.8 Å². The van der Waals surface area contributed by atoms with Crippen molar-refractivity contribution in [1.82, 2.24) is 10.2 Å². The monoisotopic (exact) mass is 346 g/mol. The van der Waals surface area contributed by atoms with Gasteiger partial charge in [-0.1, -0.05) is 25.0 Å². The van der Waals surface area contributed by atoms with Crippen LogP contribution in [0.15, 0.2) is 24.3 Å². The number of aliphatic hydroxyl groups excluding tert-OH is 1. The maximum atomic E-state index is 11.0. The lowest BCUT2D eigenvalue weighted by molar-refractivity contribution is 0.0568. The Bertz CT molecular complexity index is 530. The van der Waals surface area contributed by atoms with Gasteiger partial charge in [0.15, 0.2) is 0 Å². The van der Waals surface area contributed by atoms with Crippen molar-refractivity contribution in [3.63, 3.8) is 0 Å². The highest BCUT2D eigenvalue weighted by molar-refractivity contribution is 5.31. The number of piperazine rings is 1. The molecule has 1 saturated heterocycles. The Morgan fingerprint density at radius 3 is 2.72 bits per heavy atom. The smallest absolute Gasteiger partial charge is 0.119 e. The third-order valence-electron chi connectivity index (χ3n) is 6.28. The first-order chi connectivity index (χ1) is 12.2. The molecule has 1 heterocycles. The molecule has 0 spiro atoms. The van der Waals surface area contributed by atoms with E-state index in [1.807, 2.05) is 12.1 Å². The second-order valence-electron chi connectivity index (χ2n) is 7.76. The van der Waals surface area contributed by atoms with E-state index in [4.69, 9.17) is 4.74 Å². The summed E-state index contributed by atoms with van der Waals surface area (Å²) < 4.78 is 5.38. The van der Waals surface area contributed by atoms with Crippen LogP contribution < -0.4 is 10.1 Å². The summed E-state index contributed by atoms with van der Waals surface area (Å²) in [5.41, 5.74) is 1.22. The quantitative estimate of drug-likeness (QED) is 0.880. The summed E-state index contributed by atoms with van der Waals surface area (Å²) in [5, 5.41) is 14.5. The number of hydrogen-bond donors (Lipinski definition) is 2. The van der Waals surface area contributed by atoms with Gasteiger partial charge in [0.1, 0.15) is 5.75 Å². The van der Waals surface area contributed by atoms with Crippen molar-refractivity contribution in [2.45, 2.75) is 57.1 Å². The van der Waals surface area contributed by atoms with E-state index in [1.165, 1.54) is 24.8 Å². The van der Waals surface area contributed by atoms with Crippen molar-refractivity contribution in [3.05, 3.63) is 29.8 Å². The van der Waals surface area contributed by atoms with Crippen molar-refractivity contribution >= 4 is 0 Å². The van der Waals surface area contributed by atoms with Gasteiger partial charge in [0.25, 0.3) is 0 Å². The third kappa shape index (κ3) is 4.75. The van der Waals surface area contributed by atoms with Crippen LogP contribution in [0.4, 0.5) is 0 Å². The standard InChI is InChI=1S/C21H34N2O2/c1-16(23-12-10-22-11-13-23)17-6-3-4-9-20(21(24)15-17)18-7-5-8-19(14-18)25-2/h5,7-8,14,16-17,20-22,24H,3-4,6,9-13,15H2,1-2H3. The Hall–Kier alpha value is -1.10. The van der Waals surface area contributed by atoms with Gasteiger partial charge in [0.05, 0.1) is 13.2 Å². The van der Waals surface area contributed by atoms with Crippen LogP contribution in [0.25, 0.3) is 0 Å². The Balaban J connectivity index is 1.69. The van der Waals surface area contributed by atoms with Crippen LogP contribution in [-0.2, 0) is 0 Å². The number of ether oxygens (including phenoxy) is 1. The van der Waals surface area contributed by atoms with E-state index >= 15 is 0 Å². The predicted molar refractivity (Wildman–Crippen MR) is 102 cm³/mol. The number of nitrogens with one attached hydrogen (secondary N) is 1. The van der Waals surface area contributed by atoms with E-state index in [0.717, 1.165) is 44.8 Å². The largest absolute Gasteiger partial charge is 0.497 e. The van der Waals surface area contributed by atoms with E-state index in [9.17, 15) is 5.11 Å². The molecule has 4 heteroatoms. The minimum atomic E-state index is -0.261. The van der Waals surface area contributed by atoms with Crippen molar-refractivity contribution in [3.8, 4) is 5.75 Å². The first-order valence-electron chi connectivity index (χ1n) is 9.96. The maximum absolute atomic E-state index is 11.0. The highest BCUT2D eigenvalue weighted by Crippen LogP contribution is 2.36. The van der Waals surface area contributed by atoms with Gasteiger partial charge in [0.2, 0.25) is 0 Å². The lowest BCUT2D eigenvalue weighted by Gasteiger charge is -2.40. The van der Waals surface area contributed by atoms with Crippen LogP contribution in [0.5, 0.6) is 5.75 Å². The van der Waals surface area contributed by atoms with Crippen LogP contribution in [0, 0.1) is 5.92 Å². The Labute approximate surface area is 152 Å². The molecule has 25 heavy (non-hydrogen) atoms. The van der Waals surface area contributed by atoms with Gasteiger partial charge < -0.3 is 15.2 Å². The molecule has 1 aromatic rings. The zero-order valence-corrected chi connectivity index (χ0v) is 15.8. The summed E-state index contributed by atoms with van der Waals surface area (Å²) in [4.78, 5) is 2.61. The topological polar surface area (TPSA) is 44.7 Å². The maximum Gasteiger partial charge on any atom is 0.119 e. The minimum Gasteiger partial charge on any atom is -0.497 e. The summed E-state index contributed by atoms with van der Waals surface area (Å²) >= 11 is 0. The second-order valence-corrected chi connectivity index (χ2v) is 7.76. The molecule has 4 atom stereocenters. The summed E-state index contributed by atoms with van der Waals surface area (Å²) in [6.07, 6.45) is 5.43. The molecule has 0 amide bonds. The van der Waals surface area contributed by atoms with Crippen LogP contribution >= 0.6 is 0 Å². The molecule has 1 saturated carbocycles. The molecule has 1 aliphatic heterocycles. The summed E-state index contributed by atoms with van der Waals surface area (Å²) in [6, 6.07) is 8.83. The van der Waals surface area contributed by atoms with Crippen LogP contribution in [0.2, 0.25) is 0 Å². The van der Waals surface area contributed by atoms with E-state index < -0.39 is 0 Å². The molecule has 1 aliphatic carbocycles. The fraction of sp³-hybridized carbons (Fsp3) is 0.714. The Morgan fingerprint density at radius 2 is 1.96 bits per heavy atom. The SMILES string of the molecule is COc1cccc(C2CCCCC(C(C)N3CCNCC3)CC2O)c1.